The molecule has 2 aromatic rings. The molecule has 104 valence electrons. The van der Waals surface area contributed by atoms with Gasteiger partial charge in [0.05, 0.1) is 23.7 Å². The second-order valence-electron chi connectivity index (χ2n) is 5.33. The quantitative estimate of drug-likeness (QED) is 0.907. The molecule has 1 N–H and O–H groups in total. The fraction of sp³-hybridized carbons (Fsp3) is 0.375. The Kier molecular flexibility index (Phi) is 4.54. The Balaban J connectivity index is 2.05. The first-order chi connectivity index (χ1) is 9.58. The van der Waals surface area contributed by atoms with Crippen molar-refractivity contribution in [3.05, 3.63) is 53.1 Å². The van der Waals surface area contributed by atoms with Gasteiger partial charge in [-0.3, -0.25) is 0 Å². The summed E-state index contributed by atoms with van der Waals surface area (Å²) in [5, 5.41) is 12.2. The van der Waals surface area contributed by atoms with Gasteiger partial charge in [0.1, 0.15) is 0 Å². The number of imidazole rings is 1. The first-order valence-electron chi connectivity index (χ1n) is 6.82. The van der Waals surface area contributed by atoms with Crippen LogP contribution in [0.25, 0.3) is 0 Å². The van der Waals surface area contributed by atoms with Crippen LogP contribution in [-0.4, -0.2) is 15.6 Å². The summed E-state index contributed by atoms with van der Waals surface area (Å²) < 4.78 is 2.08. The van der Waals surface area contributed by atoms with Crippen molar-refractivity contribution in [2.75, 3.05) is 0 Å². The number of rotatable bonds is 5. The van der Waals surface area contributed by atoms with Crippen molar-refractivity contribution in [2.45, 2.75) is 39.9 Å². The van der Waals surface area contributed by atoms with Gasteiger partial charge < -0.3 is 9.88 Å². The third-order valence-electron chi connectivity index (χ3n) is 3.20. The van der Waals surface area contributed by atoms with Crippen LogP contribution in [0.4, 0.5) is 0 Å². The number of nitrogens with one attached hydrogen (secondary N) is 1. The molecule has 0 atom stereocenters. The van der Waals surface area contributed by atoms with Crippen LogP contribution < -0.4 is 5.32 Å². The van der Waals surface area contributed by atoms with Crippen LogP contribution in [0.3, 0.4) is 0 Å². The summed E-state index contributed by atoms with van der Waals surface area (Å²) in [5.41, 5.74) is 4.10. The molecule has 20 heavy (non-hydrogen) atoms. The Hall–Kier alpha value is -2.12. The minimum atomic E-state index is 0.459. The van der Waals surface area contributed by atoms with Crippen LogP contribution in [0.1, 0.15) is 36.2 Å². The number of benzene rings is 1. The SMILES string of the molecule is Cc1cc(C#N)ccc1Cn1cnc(CNC(C)C)c1. The summed E-state index contributed by atoms with van der Waals surface area (Å²) in [6.07, 6.45) is 3.92. The lowest BCUT2D eigenvalue weighted by molar-refractivity contribution is 0.582. The van der Waals surface area contributed by atoms with Crippen LogP contribution in [0.2, 0.25) is 0 Å². The summed E-state index contributed by atoms with van der Waals surface area (Å²) in [6.45, 7) is 7.85. The molecule has 1 aromatic heterocycles. The zero-order valence-corrected chi connectivity index (χ0v) is 12.2. The van der Waals surface area contributed by atoms with Crippen molar-refractivity contribution in [3.8, 4) is 6.07 Å². The zero-order chi connectivity index (χ0) is 14.5. The molecule has 0 saturated carbocycles. The van der Waals surface area contributed by atoms with E-state index in [-0.39, 0.29) is 0 Å². The normalized spacial score (nSPS) is 10.8. The third-order valence-corrected chi connectivity index (χ3v) is 3.20. The molecule has 1 heterocycles. The average molecular weight is 268 g/mol. The fourth-order valence-corrected chi connectivity index (χ4v) is 2.03. The van der Waals surface area contributed by atoms with Crippen molar-refractivity contribution < 1.29 is 0 Å². The highest BCUT2D eigenvalue weighted by atomic mass is 15.0. The van der Waals surface area contributed by atoms with Crippen molar-refractivity contribution in [3.63, 3.8) is 0 Å². The first kappa shape index (κ1) is 14.3. The molecule has 0 aliphatic carbocycles. The van der Waals surface area contributed by atoms with E-state index >= 15 is 0 Å². The van der Waals surface area contributed by atoms with Crippen molar-refractivity contribution in [1.29, 1.82) is 5.26 Å². The molecule has 0 aliphatic rings. The van der Waals surface area contributed by atoms with E-state index in [4.69, 9.17) is 5.26 Å². The van der Waals surface area contributed by atoms with Crippen molar-refractivity contribution >= 4 is 0 Å². The molecule has 0 amide bonds. The molecule has 0 bridgehead atoms. The van der Waals surface area contributed by atoms with Crippen LogP contribution in [0.5, 0.6) is 0 Å². The smallest absolute Gasteiger partial charge is 0.0991 e. The number of aryl methyl sites for hydroxylation is 1. The number of hydrogen-bond acceptors (Lipinski definition) is 3. The molecule has 0 aliphatic heterocycles. The Morgan fingerprint density at radius 1 is 1.40 bits per heavy atom. The van der Waals surface area contributed by atoms with E-state index in [1.807, 2.05) is 31.5 Å². The Bertz CT molecular complexity index is 620. The summed E-state index contributed by atoms with van der Waals surface area (Å²) in [6, 6.07) is 8.42. The van der Waals surface area contributed by atoms with Crippen LogP contribution in [-0.2, 0) is 13.1 Å². The summed E-state index contributed by atoms with van der Waals surface area (Å²) in [4.78, 5) is 4.40. The molecule has 0 unspecified atom stereocenters. The van der Waals surface area contributed by atoms with E-state index in [1.165, 1.54) is 5.56 Å². The second-order valence-corrected chi connectivity index (χ2v) is 5.33. The second kappa shape index (κ2) is 6.36. The standard InChI is InChI=1S/C16H20N4/c1-12(2)18-8-16-10-20(11-19-16)9-15-5-4-14(7-17)6-13(15)3/h4-6,10-12,18H,8-9H2,1-3H3. The molecule has 0 radical (unpaired) electrons. The predicted molar refractivity (Wildman–Crippen MR) is 79.2 cm³/mol. The summed E-state index contributed by atoms with van der Waals surface area (Å²) in [7, 11) is 0. The minimum Gasteiger partial charge on any atom is -0.333 e. The van der Waals surface area contributed by atoms with E-state index in [9.17, 15) is 0 Å². The number of nitrogens with zero attached hydrogens (tertiary/aromatic N) is 3. The van der Waals surface area contributed by atoms with Gasteiger partial charge >= 0.3 is 0 Å². The van der Waals surface area contributed by atoms with Gasteiger partial charge in [0, 0.05) is 25.3 Å². The predicted octanol–water partition coefficient (Wildman–Crippen LogP) is 2.61. The van der Waals surface area contributed by atoms with Crippen LogP contribution >= 0.6 is 0 Å². The maximum atomic E-state index is 8.88. The number of nitriles is 1. The molecule has 0 saturated heterocycles. The number of hydrogen-bond donors (Lipinski definition) is 1. The van der Waals surface area contributed by atoms with Gasteiger partial charge in [-0.15, -0.1) is 0 Å². The molecule has 4 nitrogen and oxygen atoms in total. The van der Waals surface area contributed by atoms with Crippen molar-refractivity contribution in [2.24, 2.45) is 0 Å². The topological polar surface area (TPSA) is 53.6 Å². The first-order valence-corrected chi connectivity index (χ1v) is 6.82. The van der Waals surface area contributed by atoms with Crippen LogP contribution in [0, 0.1) is 18.3 Å². The van der Waals surface area contributed by atoms with E-state index in [0.29, 0.717) is 11.6 Å². The maximum Gasteiger partial charge on any atom is 0.0991 e. The largest absolute Gasteiger partial charge is 0.333 e. The minimum absolute atomic E-state index is 0.459. The molecule has 0 spiro atoms. The van der Waals surface area contributed by atoms with Gasteiger partial charge in [0.25, 0.3) is 0 Å². The van der Waals surface area contributed by atoms with Gasteiger partial charge in [0.2, 0.25) is 0 Å². The average Bonchev–Trinajstić information content (AvgIpc) is 2.86. The highest BCUT2D eigenvalue weighted by Gasteiger charge is 2.04. The molecular formula is C16H20N4. The summed E-state index contributed by atoms with van der Waals surface area (Å²) >= 11 is 0. The molecule has 4 heteroatoms. The highest BCUT2D eigenvalue weighted by molar-refractivity contribution is 5.37. The lowest BCUT2D eigenvalue weighted by Crippen LogP contribution is -2.21. The van der Waals surface area contributed by atoms with E-state index in [1.54, 1.807) is 0 Å². The Morgan fingerprint density at radius 3 is 2.85 bits per heavy atom. The van der Waals surface area contributed by atoms with E-state index in [0.717, 1.165) is 24.3 Å². The lowest BCUT2D eigenvalue weighted by Gasteiger charge is -2.07. The monoisotopic (exact) mass is 268 g/mol. The molecule has 2 rings (SSSR count). The zero-order valence-electron chi connectivity index (χ0n) is 12.2. The lowest BCUT2D eigenvalue weighted by atomic mass is 10.1. The number of aromatic nitrogens is 2. The van der Waals surface area contributed by atoms with E-state index in [2.05, 4.69) is 41.0 Å². The molecule has 1 aromatic carbocycles. The van der Waals surface area contributed by atoms with Gasteiger partial charge in [-0.1, -0.05) is 19.9 Å². The maximum absolute atomic E-state index is 8.88. The Morgan fingerprint density at radius 2 is 2.20 bits per heavy atom. The van der Waals surface area contributed by atoms with Gasteiger partial charge in [-0.25, -0.2) is 4.98 Å². The van der Waals surface area contributed by atoms with E-state index < -0.39 is 0 Å². The third kappa shape index (κ3) is 3.69. The van der Waals surface area contributed by atoms with Gasteiger partial charge in [-0.05, 0) is 30.2 Å². The molecular weight excluding hydrogens is 248 g/mol. The van der Waals surface area contributed by atoms with Gasteiger partial charge in [-0.2, -0.15) is 5.26 Å². The molecule has 0 fully saturated rings. The fourth-order valence-electron chi connectivity index (χ4n) is 2.03. The van der Waals surface area contributed by atoms with Crippen molar-refractivity contribution in [1.82, 2.24) is 14.9 Å². The van der Waals surface area contributed by atoms with Crippen LogP contribution in [0.15, 0.2) is 30.7 Å². The summed E-state index contributed by atoms with van der Waals surface area (Å²) in [5.74, 6) is 0. The van der Waals surface area contributed by atoms with Gasteiger partial charge in [0.15, 0.2) is 0 Å². The Labute approximate surface area is 120 Å². The highest BCUT2D eigenvalue weighted by Crippen LogP contribution is 2.12.